The maximum atomic E-state index is 13.6. The van der Waals surface area contributed by atoms with Crippen LogP contribution in [-0.2, 0) is 39.2 Å². The lowest BCUT2D eigenvalue weighted by molar-refractivity contribution is -0.143. The number of ether oxygens (including phenoxy) is 3. The Hall–Kier alpha value is -2.92. The molecule has 2 heterocycles. The average molecular weight is 686 g/mol. The molecule has 2 saturated heterocycles. The molecule has 16 heteroatoms. The molecule has 2 aliphatic rings. The normalized spacial score (nSPS) is 22.1. The van der Waals surface area contributed by atoms with Gasteiger partial charge in [-0.3, -0.25) is 14.6 Å². The summed E-state index contributed by atoms with van der Waals surface area (Å²) in [5.41, 5.74) is -4.47. The number of methoxy groups -OCH3 is 2. The molecule has 3 atom stereocenters. The SMILES string of the molecule is COCC1CN(CCN2CCN(C(=O)c3cc(C(F)(F)F)cc(C(F)(F)F)c3)[C@H](Cc3ccc(C(F)(F)F)cc3)C2)CC(COC)O1. The summed E-state index contributed by atoms with van der Waals surface area (Å²) in [6.45, 7) is 3.43. The molecule has 262 valence electrons. The van der Waals surface area contributed by atoms with Crippen molar-refractivity contribution in [2.45, 2.75) is 43.2 Å². The van der Waals surface area contributed by atoms with Crippen LogP contribution >= 0.6 is 0 Å². The molecule has 7 nitrogen and oxygen atoms in total. The van der Waals surface area contributed by atoms with Crippen molar-refractivity contribution in [3.8, 4) is 0 Å². The molecule has 1 amide bonds. The van der Waals surface area contributed by atoms with Gasteiger partial charge in [-0.15, -0.1) is 0 Å². The zero-order valence-corrected chi connectivity index (χ0v) is 25.7. The highest BCUT2D eigenvalue weighted by atomic mass is 19.4. The number of nitrogens with zero attached hydrogens (tertiary/aromatic N) is 3. The number of piperazine rings is 1. The third-order valence-electron chi connectivity index (χ3n) is 8.16. The zero-order valence-electron chi connectivity index (χ0n) is 25.7. The fraction of sp³-hybridized carbons (Fsp3) is 0.581. The number of morpholine rings is 1. The van der Waals surface area contributed by atoms with E-state index in [4.69, 9.17) is 14.2 Å². The van der Waals surface area contributed by atoms with Crippen molar-refractivity contribution in [1.82, 2.24) is 14.7 Å². The van der Waals surface area contributed by atoms with Gasteiger partial charge in [-0.1, -0.05) is 12.1 Å². The minimum Gasteiger partial charge on any atom is -0.382 e. The second-order valence-electron chi connectivity index (χ2n) is 11.7. The third-order valence-corrected chi connectivity index (χ3v) is 8.16. The van der Waals surface area contributed by atoms with Gasteiger partial charge >= 0.3 is 18.5 Å². The maximum absolute atomic E-state index is 13.6. The number of hydrogen-bond acceptors (Lipinski definition) is 6. The van der Waals surface area contributed by atoms with Gasteiger partial charge in [-0.25, -0.2) is 0 Å². The summed E-state index contributed by atoms with van der Waals surface area (Å²) in [6.07, 6.45) is -15.2. The quantitative estimate of drug-likeness (QED) is 0.310. The minimum atomic E-state index is -5.14. The van der Waals surface area contributed by atoms with E-state index in [1.807, 2.05) is 4.90 Å². The fourth-order valence-corrected chi connectivity index (χ4v) is 5.94. The Kier molecular flexibility index (Phi) is 11.9. The monoisotopic (exact) mass is 685 g/mol. The van der Waals surface area contributed by atoms with Gasteiger partial charge in [0.1, 0.15) is 0 Å². The molecular weight excluding hydrogens is 649 g/mol. The summed E-state index contributed by atoms with van der Waals surface area (Å²) in [5, 5.41) is 0. The van der Waals surface area contributed by atoms with E-state index in [1.165, 1.54) is 17.0 Å². The molecule has 2 fully saturated rings. The number of carbonyl (C=O) groups is 1. The number of rotatable bonds is 10. The Morgan fingerprint density at radius 3 is 1.72 bits per heavy atom. The first-order chi connectivity index (χ1) is 22.0. The first-order valence-corrected chi connectivity index (χ1v) is 14.8. The van der Waals surface area contributed by atoms with Crippen molar-refractivity contribution in [2.24, 2.45) is 0 Å². The third kappa shape index (κ3) is 10.0. The van der Waals surface area contributed by atoms with Crippen LogP contribution in [-0.4, -0.2) is 112 Å². The number of alkyl halides is 9. The predicted octanol–water partition coefficient (Wildman–Crippen LogP) is 5.47. The van der Waals surface area contributed by atoms with Gasteiger partial charge in [0.25, 0.3) is 5.91 Å². The van der Waals surface area contributed by atoms with Crippen LogP contribution in [0.25, 0.3) is 0 Å². The van der Waals surface area contributed by atoms with Gasteiger partial charge in [-0.2, -0.15) is 39.5 Å². The Morgan fingerprint density at radius 2 is 1.23 bits per heavy atom. The summed E-state index contributed by atoms with van der Waals surface area (Å²) in [7, 11) is 3.13. The van der Waals surface area contributed by atoms with Crippen LogP contribution in [0.5, 0.6) is 0 Å². The van der Waals surface area contributed by atoms with Crippen LogP contribution in [0.2, 0.25) is 0 Å². The summed E-state index contributed by atoms with van der Waals surface area (Å²) in [6, 6.07) is 4.24. The van der Waals surface area contributed by atoms with Gasteiger partial charge in [0.2, 0.25) is 0 Å². The van der Waals surface area contributed by atoms with Crippen LogP contribution in [0.1, 0.15) is 32.6 Å². The Morgan fingerprint density at radius 1 is 0.723 bits per heavy atom. The van der Waals surface area contributed by atoms with Gasteiger partial charge in [0.15, 0.2) is 0 Å². The molecule has 47 heavy (non-hydrogen) atoms. The zero-order chi connectivity index (χ0) is 34.6. The lowest BCUT2D eigenvalue weighted by atomic mass is 9.98. The molecule has 4 rings (SSSR count). The molecular formula is C31H36F9N3O4. The second kappa shape index (κ2) is 15.1. The summed E-state index contributed by atoms with van der Waals surface area (Å²) < 4.78 is 137. The second-order valence-corrected chi connectivity index (χ2v) is 11.7. The van der Waals surface area contributed by atoms with Gasteiger partial charge in [0.05, 0.1) is 42.1 Å². The van der Waals surface area contributed by atoms with E-state index in [1.54, 1.807) is 14.2 Å². The van der Waals surface area contributed by atoms with E-state index in [0.29, 0.717) is 57.1 Å². The predicted molar refractivity (Wildman–Crippen MR) is 152 cm³/mol. The molecule has 2 aromatic carbocycles. The Labute approximate surface area is 266 Å². The van der Waals surface area contributed by atoms with Crippen LogP contribution in [0, 0.1) is 0 Å². The van der Waals surface area contributed by atoms with Gasteiger partial charge in [-0.05, 0) is 42.3 Å². The topological polar surface area (TPSA) is 54.5 Å². The molecule has 0 radical (unpaired) electrons. The van der Waals surface area contributed by atoms with Crippen LogP contribution in [0.4, 0.5) is 39.5 Å². The molecule has 0 saturated carbocycles. The number of amides is 1. The summed E-state index contributed by atoms with van der Waals surface area (Å²) in [5.74, 6) is -1.03. The highest BCUT2D eigenvalue weighted by Crippen LogP contribution is 2.37. The highest BCUT2D eigenvalue weighted by Gasteiger charge is 2.39. The maximum Gasteiger partial charge on any atom is 0.416 e. The van der Waals surface area contributed by atoms with Crippen LogP contribution < -0.4 is 0 Å². The van der Waals surface area contributed by atoms with Gasteiger partial charge in [0, 0.05) is 71.6 Å². The first kappa shape index (κ1) is 36.9. The molecule has 0 bridgehead atoms. The van der Waals surface area contributed by atoms with Crippen molar-refractivity contribution < 1.29 is 58.5 Å². The van der Waals surface area contributed by atoms with Crippen molar-refractivity contribution >= 4 is 5.91 Å². The lowest BCUT2D eigenvalue weighted by Crippen LogP contribution is -2.58. The standard InChI is InChI=1S/C31H36F9N3O4/c1-45-18-26-16-42(17-27(47-26)19-46-2)8-7-41-9-10-43(25(15-41)11-20-3-5-22(6-4-20)29(32,33)34)28(44)21-12-23(30(35,36)37)14-24(13-21)31(38,39)40/h3-6,12-14,25-27H,7-11,15-19H2,1-2H3/t25-,26?,27?/m1/s1. The largest absolute Gasteiger partial charge is 0.416 e. The van der Waals surface area contributed by atoms with Crippen molar-refractivity contribution in [1.29, 1.82) is 0 Å². The fourth-order valence-electron chi connectivity index (χ4n) is 5.94. The van der Waals surface area contributed by atoms with Crippen LogP contribution in [0.3, 0.4) is 0 Å². The molecule has 2 aromatic rings. The number of benzene rings is 2. The van der Waals surface area contributed by atoms with Crippen molar-refractivity contribution in [2.75, 3.05) is 73.2 Å². The number of carbonyl (C=O) groups excluding carboxylic acids is 1. The molecule has 2 aliphatic heterocycles. The van der Waals surface area contributed by atoms with E-state index >= 15 is 0 Å². The van der Waals surface area contributed by atoms with Crippen LogP contribution in [0.15, 0.2) is 42.5 Å². The average Bonchev–Trinajstić information content (AvgIpc) is 2.99. The minimum absolute atomic E-state index is 0.0227. The van der Waals surface area contributed by atoms with Crippen molar-refractivity contribution in [3.63, 3.8) is 0 Å². The van der Waals surface area contributed by atoms with E-state index in [9.17, 15) is 44.3 Å². The van der Waals surface area contributed by atoms with Gasteiger partial charge < -0.3 is 19.1 Å². The lowest BCUT2D eigenvalue weighted by Gasteiger charge is -2.43. The first-order valence-electron chi connectivity index (χ1n) is 14.8. The molecule has 0 aliphatic carbocycles. The number of halogens is 9. The highest BCUT2D eigenvalue weighted by molar-refractivity contribution is 5.95. The summed E-state index contributed by atoms with van der Waals surface area (Å²) in [4.78, 5) is 19.0. The molecule has 0 spiro atoms. The van der Waals surface area contributed by atoms with Crippen molar-refractivity contribution in [3.05, 3.63) is 70.3 Å². The Bertz CT molecular complexity index is 1290. The van der Waals surface area contributed by atoms with E-state index in [-0.39, 0.29) is 44.3 Å². The Balaban J connectivity index is 1.56. The van der Waals surface area contributed by atoms with E-state index in [0.717, 1.165) is 12.1 Å². The van der Waals surface area contributed by atoms with E-state index in [2.05, 4.69) is 4.90 Å². The van der Waals surface area contributed by atoms with E-state index < -0.39 is 52.7 Å². The molecule has 2 unspecified atom stereocenters. The smallest absolute Gasteiger partial charge is 0.382 e. The number of hydrogen-bond donors (Lipinski definition) is 0. The molecule has 0 aromatic heterocycles. The summed E-state index contributed by atoms with van der Waals surface area (Å²) >= 11 is 0. The molecule has 0 N–H and O–H groups in total.